The first-order chi connectivity index (χ1) is 15.3. The molecule has 1 fully saturated rings. The lowest BCUT2D eigenvalue weighted by Crippen LogP contribution is -2.71. The smallest absolute Gasteiger partial charge is 0.276 e. The number of carbonyl (C=O) groups is 3. The molecule has 13 nitrogen and oxygen atoms in total. The lowest BCUT2D eigenvalue weighted by molar-refractivity contribution is -0.742. The summed E-state index contributed by atoms with van der Waals surface area (Å²) in [6, 6.07) is 0.684. The van der Waals surface area contributed by atoms with E-state index in [9.17, 15) is 19.5 Å². The van der Waals surface area contributed by atoms with Gasteiger partial charge in [-0.05, 0) is 0 Å². The number of thioether (sulfide) groups is 1. The van der Waals surface area contributed by atoms with Crippen LogP contribution in [0.4, 0.5) is 10.9 Å². The number of carboxylic acid groups (broad SMARTS) is 1. The van der Waals surface area contributed by atoms with Gasteiger partial charge in [0, 0.05) is 22.8 Å². The van der Waals surface area contributed by atoms with Gasteiger partial charge in [-0.25, -0.2) is 4.98 Å². The Bertz CT molecular complexity index is 1160. The number of nitrogens with zero attached hydrogens (tertiary/aromatic N) is 4. The number of amides is 2. The van der Waals surface area contributed by atoms with Crippen LogP contribution in [0, 0.1) is 0 Å². The number of H-pyrrole nitrogens is 1. The van der Waals surface area contributed by atoms with Crippen molar-refractivity contribution in [1.82, 2.24) is 20.3 Å². The average Bonchev–Trinajstić information content (AvgIpc) is 3.37. The summed E-state index contributed by atoms with van der Waals surface area (Å²) in [5.41, 5.74) is 11.6. The molecule has 0 bridgehead atoms. The summed E-state index contributed by atoms with van der Waals surface area (Å²) in [5, 5.41) is 22.1. The van der Waals surface area contributed by atoms with Gasteiger partial charge in [0.05, 0.1) is 11.7 Å². The molecule has 2 unspecified atom stereocenters. The number of fused-ring (bicyclic) bond motifs is 1. The molecule has 0 radical (unpaired) electrons. The van der Waals surface area contributed by atoms with E-state index in [1.165, 1.54) is 24.3 Å². The van der Waals surface area contributed by atoms with E-state index >= 15 is 0 Å². The number of rotatable bonds is 7. The lowest BCUT2D eigenvalue weighted by atomic mass is 10.0. The van der Waals surface area contributed by atoms with Gasteiger partial charge >= 0.3 is 0 Å². The topological polar surface area (TPSA) is 196 Å². The Kier molecular flexibility index (Phi) is 5.75. The number of oxime groups is 1. The molecule has 0 saturated carbocycles. The van der Waals surface area contributed by atoms with E-state index in [2.05, 4.69) is 20.6 Å². The van der Waals surface area contributed by atoms with Crippen LogP contribution < -0.4 is 26.6 Å². The zero-order valence-electron chi connectivity index (χ0n) is 16.6. The van der Waals surface area contributed by atoms with Crippen LogP contribution in [0.2, 0.25) is 0 Å². The molecular formula is C17H18N8O5S2. The van der Waals surface area contributed by atoms with E-state index in [4.69, 9.17) is 16.3 Å². The van der Waals surface area contributed by atoms with E-state index < -0.39 is 29.2 Å². The monoisotopic (exact) mass is 478 g/mol. The number of nitrogens with two attached hydrogens (primary N) is 2. The number of thiazole rings is 1. The van der Waals surface area contributed by atoms with Gasteiger partial charge in [0.2, 0.25) is 0 Å². The van der Waals surface area contributed by atoms with Crippen molar-refractivity contribution in [2.24, 2.45) is 5.16 Å². The van der Waals surface area contributed by atoms with Gasteiger partial charge in [-0.1, -0.05) is 5.16 Å². The highest BCUT2D eigenvalue weighted by molar-refractivity contribution is 8.00. The second kappa shape index (κ2) is 8.51. The Hall–Kier alpha value is -3.59. The molecule has 32 heavy (non-hydrogen) atoms. The van der Waals surface area contributed by atoms with Crippen LogP contribution in [0.15, 0.2) is 34.1 Å². The number of β-lactam (4-membered cyclic amide) rings is 1. The quantitative estimate of drug-likeness (QED) is 0.142. The Morgan fingerprint density at radius 1 is 1.50 bits per heavy atom. The SMILES string of the molecule is CON=C(C(=O)NC1C(=O)N2C(C(=O)[O-])=C(C[n+]3ccc(N)[nH]3)CSC12)c1csc(N)n1. The highest BCUT2D eigenvalue weighted by Gasteiger charge is 2.53. The molecule has 0 aromatic carbocycles. The number of aliphatic carboxylic acids is 1. The Morgan fingerprint density at radius 2 is 2.28 bits per heavy atom. The summed E-state index contributed by atoms with van der Waals surface area (Å²) >= 11 is 2.44. The summed E-state index contributed by atoms with van der Waals surface area (Å²) in [6.45, 7) is 0.191. The van der Waals surface area contributed by atoms with E-state index in [-0.39, 0.29) is 28.8 Å². The third-order valence-electron chi connectivity index (χ3n) is 4.76. The van der Waals surface area contributed by atoms with Gasteiger partial charge in [-0.15, -0.1) is 32.9 Å². The predicted octanol–water partition coefficient (Wildman–Crippen LogP) is -2.62. The van der Waals surface area contributed by atoms with E-state index in [1.807, 2.05) is 0 Å². The van der Waals surface area contributed by atoms with Gasteiger partial charge in [-0.3, -0.25) is 14.5 Å². The molecule has 2 aromatic heterocycles. The fraction of sp³-hybridized carbons (Fsp3) is 0.294. The van der Waals surface area contributed by atoms with Gasteiger partial charge < -0.3 is 31.5 Å². The first-order valence-electron chi connectivity index (χ1n) is 9.15. The molecule has 15 heteroatoms. The standard InChI is InChI=1S/C17H18N8O5S2/c1-30-23-10(8-6-32-17(19)20-8)13(26)21-11-14(27)25-12(16(28)29)7(5-31-15(11)25)4-24-3-2-9(18)22-24/h2-3,6,11,15H,4-5H2,1H3,(H6,18,19,20,21,22,26,28,29). The van der Waals surface area contributed by atoms with Crippen molar-refractivity contribution in [3.8, 4) is 0 Å². The number of carbonyl (C=O) groups excluding carboxylic acids is 3. The minimum atomic E-state index is -1.47. The average molecular weight is 479 g/mol. The van der Waals surface area contributed by atoms with Crippen molar-refractivity contribution >= 4 is 57.5 Å². The molecule has 0 spiro atoms. The van der Waals surface area contributed by atoms with E-state index in [1.54, 1.807) is 16.9 Å². The number of aromatic nitrogens is 3. The van der Waals surface area contributed by atoms with Crippen LogP contribution in [0.3, 0.4) is 0 Å². The zero-order chi connectivity index (χ0) is 23.0. The summed E-state index contributed by atoms with van der Waals surface area (Å²) in [5.74, 6) is -2.00. The first kappa shape index (κ1) is 21.6. The number of nitrogens with one attached hydrogen (secondary N) is 2. The summed E-state index contributed by atoms with van der Waals surface area (Å²) in [7, 11) is 1.27. The van der Waals surface area contributed by atoms with Crippen LogP contribution in [-0.2, 0) is 25.8 Å². The molecule has 1 saturated heterocycles. The third kappa shape index (κ3) is 3.87. The second-order valence-corrected chi connectivity index (χ2v) is 8.80. The minimum Gasteiger partial charge on any atom is -0.543 e. The molecule has 2 aliphatic rings. The summed E-state index contributed by atoms with van der Waals surface area (Å²) in [4.78, 5) is 47.3. The highest BCUT2D eigenvalue weighted by atomic mass is 32.2. The van der Waals surface area contributed by atoms with Crippen LogP contribution in [0.5, 0.6) is 0 Å². The maximum Gasteiger partial charge on any atom is 0.276 e. The van der Waals surface area contributed by atoms with Gasteiger partial charge in [-0.2, -0.15) is 0 Å². The Morgan fingerprint density at radius 3 is 2.88 bits per heavy atom. The van der Waals surface area contributed by atoms with Crippen molar-refractivity contribution in [3.05, 3.63) is 34.6 Å². The van der Waals surface area contributed by atoms with Crippen molar-refractivity contribution in [2.45, 2.75) is 18.0 Å². The molecule has 4 heterocycles. The second-order valence-electron chi connectivity index (χ2n) is 6.80. The lowest BCUT2D eigenvalue weighted by Gasteiger charge is -2.50. The molecule has 2 amide bonds. The molecular weight excluding hydrogens is 460 g/mol. The molecule has 168 valence electrons. The molecule has 4 rings (SSSR count). The predicted molar refractivity (Wildman–Crippen MR) is 113 cm³/mol. The van der Waals surface area contributed by atoms with Gasteiger partial charge in [0.25, 0.3) is 11.8 Å². The van der Waals surface area contributed by atoms with Crippen molar-refractivity contribution < 1.29 is 29.0 Å². The number of aromatic amines is 1. The zero-order valence-corrected chi connectivity index (χ0v) is 18.2. The fourth-order valence-electron chi connectivity index (χ4n) is 3.40. The van der Waals surface area contributed by atoms with Crippen LogP contribution in [0.1, 0.15) is 5.69 Å². The van der Waals surface area contributed by atoms with Crippen LogP contribution >= 0.6 is 23.1 Å². The number of hydrogen-bond acceptors (Lipinski definition) is 11. The summed E-state index contributed by atoms with van der Waals surface area (Å²) in [6.07, 6.45) is 1.66. The third-order valence-corrected chi connectivity index (χ3v) is 6.77. The largest absolute Gasteiger partial charge is 0.543 e. The van der Waals surface area contributed by atoms with Gasteiger partial charge in [0.15, 0.2) is 29.4 Å². The van der Waals surface area contributed by atoms with Crippen molar-refractivity contribution in [2.75, 3.05) is 24.3 Å². The Labute approximate surface area is 189 Å². The minimum absolute atomic E-state index is 0.149. The van der Waals surface area contributed by atoms with Crippen LogP contribution in [-0.4, -0.2) is 62.8 Å². The summed E-state index contributed by atoms with van der Waals surface area (Å²) < 4.78 is 1.60. The maximum atomic E-state index is 12.8. The normalized spacial score (nSPS) is 20.6. The molecule has 2 aliphatic heterocycles. The van der Waals surface area contributed by atoms with Crippen molar-refractivity contribution in [3.63, 3.8) is 0 Å². The molecule has 2 atom stereocenters. The fourth-order valence-corrected chi connectivity index (χ4v) is 5.29. The van der Waals surface area contributed by atoms with Crippen molar-refractivity contribution in [1.29, 1.82) is 0 Å². The number of carboxylic acids is 1. The molecule has 0 aliphatic carbocycles. The van der Waals surface area contributed by atoms with E-state index in [0.717, 1.165) is 16.2 Å². The maximum absolute atomic E-state index is 12.8. The van der Waals surface area contributed by atoms with Gasteiger partial charge in [0.1, 0.15) is 24.2 Å². The number of hydrogen-bond donors (Lipinski definition) is 4. The molecule has 2 aromatic rings. The number of anilines is 2. The molecule has 6 N–H and O–H groups in total. The van der Waals surface area contributed by atoms with E-state index in [0.29, 0.717) is 17.1 Å². The highest BCUT2D eigenvalue weighted by Crippen LogP contribution is 2.40. The first-order valence-corrected chi connectivity index (χ1v) is 11.1. The number of nitrogen functional groups attached to an aromatic ring is 2. The van der Waals surface area contributed by atoms with Crippen LogP contribution in [0.25, 0.3) is 0 Å². The Balaban J connectivity index is 1.53.